The zero-order chi connectivity index (χ0) is 40.1. The van der Waals surface area contributed by atoms with Crippen LogP contribution in [0.25, 0.3) is 82.5 Å². The van der Waals surface area contributed by atoms with Gasteiger partial charge in [0.05, 0.1) is 33.3 Å². The Bertz CT molecular complexity index is 3800. The van der Waals surface area contributed by atoms with Crippen LogP contribution in [-0.2, 0) is 0 Å². The van der Waals surface area contributed by atoms with Crippen LogP contribution in [0.1, 0.15) is 11.1 Å². The quantitative estimate of drug-likeness (QED) is 0.163. The second kappa shape index (κ2) is 11.9. The van der Waals surface area contributed by atoms with Crippen molar-refractivity contribution in [1.29, 1.82) is 0 Å². The highest BCUT2D eigenvalue weighted by atomic mass is 15.2. The maximum atomic E-state index is 2.62. The number of nitrogens with zero attached hydrogens (tertiary/aromatic N) is 4. The fourth-order valence-electron chi connectivity index (χ4n) is 11.3. The lowest BCUT2D eigenvalue weighted by Gasteiger charge is -2.41. The lowest BCUT2D eigenvalue weighted by molar-refractivity contribution is 1.13. The molecule has 5 heterocycles. The molecule has 3 aromatic heterocycles. The highest BCUT2D eigenvalue weighted by molar-refractivity contribution is 7.00. The molecule has 4 nitrogen and oxygen atoms in total. The normalized spacial score (nSPS) is 13.0. The van der Waals surface area contributed by atoms with Crippen molar-refractivity contribution in [2.45, 2.75) is 13.8 Å². The molecule has 0 bridgehead atoms. The van der Waals surface area contributed by atoms with Gasteiger partial charge in [-0.05, 0) is 103 Å². The fourth-order valence-corrected chi connectivity index (χ4v) is 11.3. The van der Waals surface area contributed by atoms with E-state index < -0.39 is 0 Å². The Balaban J connectivity index is 1.18. The molecule has 0 fully saturated rings. The van der Waals surface area contributed by atoms with Gasteiger partial charge in [0, 0.05) is 66.3 Å². The summed E-state index contributed by atoms with van der Waals surface area (Å²) in [5.41, 5.74) is 21.1. The zero-order valence-corrected chi connectivity index (χ0v) is 33.8. The van der Waals surface area contributed by atoms with E-state index in [4.69, 9.17) is 0 Å². The summed E-state index contributed by atoms with van der Waals surface area (Å²) in [6, 6.07) is 70.4. The van der Waals surface area contributed by atoms with Gasteiger partial charge in [-0.25, -0.2) is 0 Å². The van der Waals surface area contributed by atoms with E-state index in [1.165, 1.54) is 116 Å². The predicted molar refractivity (Wildman–Crippen MR) is 258 cm³/mol. The van der Waals surface area contributed by atoms with E-state index in [1.54, 1.807) is 0 Å². The first-order chi connectivity index (χ1) is 30.1. The van der Waals surface area contributed by atoms with Gasteiger partial charge in [-0.1, -0.05) is 126 Å². The van der Waals surface area contributed by atoms with Crippen molar-refractivity contribution in [3.05, 3.63) is 199 Å². The first kappa shape index (κ1) is 33.1. The number of fused-ring (bicyclic) bond motifs is 14. The molecule has 0 aliphatic carbocycles. The number of hydrogen-bond donors (Lipinski definition) is 0. The van der Waals surface area contributed by atoms with Crippen LogP contribution in [-0.4, -0.2) is 20.4 Å². The van der Waals surface area contributed by atoms with Gasteiger partial charge in [0.25, 0.3) is 6.71 Å². The zero-order valence-electron chi connectivity index (χ0n) is 33.8. The fraction of sp³-hybridized carbons (Fsp3) is 0.0357. The summed E-state index contributed by atoms with van der Waals surface area (Å²) in [4.78, 5) is 2.53. The van der Waals surface area contributed by atoms with Crippen LogP contribution in [0.2, 0.25) is 0 Å². The molecule has 284 valence electrons. The maximum Gasteiger partial charge on any atom is 0.252 e. The number of aryl methyl sites for hydroxylation is 2. The molecule has 0 radical (unpaired) electrons. The molecular weight excluding hydrogens is 739 g/mol. The summed E-state index contributed by atoms with van der Waals surface area (Å²) < 4.78 is 7.55. The largest absolute Gasteiger partial charge is 0.311 e. The predicted octanol–water partition coefficient (Wildman–Crippen LogP) is 12.2. The Morgan fingerprint density at radius 1 is 0.344 bits per heavy atom. The van der Waals surface area contributed by atoms with E-state index in [1.807, 2.05) is 0 Å². The third-order valence-electron chi connectivity index (χ3n) is 13.7. The first-order valence-corrected chi connectivity index (χ1v) is 21.3. The summed E-state index contributed by atoms with van der Waals surface area (Å²) in [5, 5.41) is 7.67. The molecule has 12 aromatic rings. The van der Waals surface area contributed by atoms with Crippen molar-refractivity contribution in [3.63, 3.8) is 0 Å². The molecular formula is C56H37BN4. The molecule has 0 saturated carbocycles. The molecule has 14 rings (SSSR count). The molecule has 2 aliphatic heterocycles. The summed E-state index contributed by atoms with van der Waals surface area (Å²) >= 11 is 0. The molecule has 0 unspecified atom stereocenters. The standard InChI is InChI=1S/C56H37BN4/c1-34-23-26-37(27-24-34)59-48-28-25-35(2)31-44(48)57-43-19-12-18-42-54-50(30-29-49-53(54)41-17-8-11-22-47(41)58(49)36-13-4-3-5-14-36)61(56(42)43)52-33-38(32-51(59)55(52)57)60-45-20-9-6-15-39(45)40-16-7-10-21-46(40)60/h3-33H,1-2H3. The SMILES string of the molecule is Cc1ccc(N2c3ccc(C)cc3B3c4c2cc(-n2c5ccccc5c5ccccc52)cc4-n2c4ccc5c(c6ccccc6n5-c5ccccc5)c4c4cccc3c42)cc1. The van der Waals surface area contributed by atoms with Crippen molar-refractivity contribution in [2.24, 2.45) is 0 Å². The highest BCUT2D eigenvalue weighted by Gasteiger charge is 2.43. The Hall–Kier alpha value is -7.76. The van der Waals surface area contributed by atoms with Crippen molar-refractivity contribution >= 4 is 106 Å². The van der Waals surface area contributed by atoms with Gasteiger partial charge >= 0.3 is 0 Å². The van der Waals surface area contributed by atoms with E-state index >= 15 is 0 Å². The molecule has 0 N–H and O–H groups in total. The summed E-state index contributed by atoms with van der Waals surface area (Å²) in [6.45, 7) is 4.44. The maximum absolute atomic E-state index is 2.62. The van der Waals surface area contributed by atoms with Gasteiger partial charge < -0.3 is 18.6 Å². The van der Waals surface area contributed by atoms with Crippen LogP contribution < -0.4 is 21.3 Å². The smallest absolute Gasteiger partial charge is 0.252 e. The molecule has 9 aromatic carbocycles. The third kappa shape index (κ3) is 4.29. The number of rotatable bonds is 3. The Kier molecular flexibility index (Phi) is 6.48. The molecule has 0 atom stereocenters. The van der Waals surface area contributed by atoms with Crippen molar-refractivity contribution in [1.82, 2.24) is 13.7 Å². The van der Waals surface area contributed by atoms with Crippen LogP contribution in [0.15, 0.2) is 188 Å². The van der Waals surface area contributed by atoms with Gasteiger partial charge in [-0.2, -0.15) is 0 Å². The summed E-state index contributed by atoms with van der Waals surface area (Å²) in [7, 11) is 0. The number of hydrogen-bond acceptors (Lipinski definition) is 1. The van der Waals surface area contributed by atoms with Gasteiger partial charge in [0.2, 0.25) is 0 Å². The molecule has 0 saturated heterocycles. The highest BCUT2D eigenvalue weighted by Crippen LogP contribution is 2.46. The van der Waals surface area contributed by atoms with E-state index in [-0.39, 0.29) is 6.71 Å². The number of para-hydroxylation sites is 5. The van der Waals surface area contributed by atoms with E-state index in [9.17, 15) is 0 Å². The van der Waals surface area contributed by atoms with E-state index in [0.29, 0.717) is 0 Å². The average Bonchev–Trinajstić information content (AvgIpc) is 3.95. The Morgan fingerprint density at radius 3 is 1.66 bits per heavy atom. The molecule has 0 spiro atoms. The molecule has 2 aliphatic rings. The minimum absolute atomic E-state index is 0.0375. The van der Waals surface area contributed by atoms with Crippen LogP contribution in [0.3, 0.4) is 0 Å². The van der Waals surface area contributed by atoms with Gasteiger partial charge in [-0.3, -0.25) is 0 Å². The summed E-state index contributed by atoms with van der Waals surface area (Å²) in [5.74, 6) is 0. The minimum Gasteiger partial charge on any atom is -0.311 e. The van der Waals surface area contributed by atoms with Crippen molar-refractivity contribution < 1.29 is 0 Å². The van der Waals surface area contributed by atoms with Gasteiger partial charge in [0.1, 0.15) is 0 Å². The van der Waals surface area contributed by atoms with Crippen molar-refractivity contribution in [2.75, 3.05) is 4.90 Å². The monoisotopic (exact) mass is 776 g/mol. The van der Waals surface area contributed by atoms with Gasteiger partial charge in [0.15, 0.2) is 0 Å². The molecule has 0 amide bonds. The van der Waals surface area contributed by atoms with Gasteiger partial charge in [-0.15, -0.1) is 0 Å². The van der Waals surface area contributed by atoms with Crippen LogP contribution in [0.4, 0.5) is 17.1 Å². The first-order valence-electron chi connectivity index (χ1n) is 21.3. The average molecular weight is 777 g/mol. The number of aromatic nitrogens is 3. The second-order valence-corrected chi connectivity index (χ2v) is 17.1. The minimum atomic E-state index is 0.0375. The van der Waals surface area contributed by atoms with Crippen LogP contribution in [0.5, 0.6) is 0 Å². The van der Waals surface area contributed by atoms with E-state index in [0.717, 1.165) is 11.4 Å². The topological polar surface area (TPSA) is 18.0 Å². The lowest BCUT2D eigenvalue weighted by Crippen LogP contribution is -2.60. The third-order valence-corrected chi connectivity index (χ3v) is 13.7. The van der Waals surface area contributed by atoms with E-state index in [2.05, 4.69) is 221 Å². The number of anilines is 3. The Labute approximate surface area is 352 Å². The van der Waals surface area contributed by atoms with Crippen molar-refractivity contribution in [3.8, 4) is 17.1 Å². The van der Waals surface area contributed by atoms with Crippen LogP contribution in [0, 0.1) is 13.8 Å². The van der Waals surface area contributed by atoms with Crippen LogP contribution >= 0.6 is 0 Å². The lowest BCUT2D eigenvalue weighted by atomic mass is 9.33. The second-order valence-electron chi connectivity index (χ2n) is 17.1. The summed E-state index contributed by atoms with van der Waals surface area (Å²) in [6.07, 6.45) is 0. The molecule has 5 heteroatoms. The molecule has 61 heavy (non-hydrogen) atoms. The number of benzene rings is 9. The Morgan fingerprint density at radius 2 is 0.918 bits per heavy atom.